The zero-order chi connectivity index (χ0) is 14.7. The van der Waals surface area contributed by atoms with Crippen molar-refractivity contribution in [3.8, 4) is 0 Å². The van der Waals surface area contributed by atoms with Gasteiger partial charge in [-0.25, -0.2) is 0 Å². The first-order chi connectivity index (χ1) is 9.52. The van der Waals surface area contributed by atoms with Crippen LogP contribution < -0.4 is 0 Å². The van der Waals surface area contributed by atoms with E-state index in [1.807, 2.05) is 6.08 Å². The van der Waals surface area contributed by atoms with Crippen molar-refractivity contribution in [1.82, 2.24) is 0 Å². The van der Waals surface area contributed by atoms with Crippen LogP contribution in [0.5, 0.6) is 0 Å². The van der Waals surface area contributed by atoms with Gasteiger partial charge in [-0.3, -0.25) is 0 Å². The number of allylic oxidation sites excluding steroid dienone is 3. The lowest BCUT2D eigenvalue weighted by atomic mass is 9.74. The summed E-state index contributed by atoms with van der Waals surface area (Å²) in [6.45, 7) is 8.60. The number of hydrogen-bond acceptors (Lipinski definition) is 2. The number of aliphatic hydroxyl groups is 1. The van der Waals surface area contributed by atoms with Crippen molar-refractivity contribution in [2.24, 2.45) is 23.7 Å². The van der Waals surface area contributed by atoms with Gasteiger partial charge in [0, 0.05) is 5.92 Å². The third-order valence-electron chi connectivity index (χ3n) is 5.31. The highest BCUT2D eigenvalue weighted by molar-refractivity contribution is 5.06. The van der Waals surface area contributed by atoms with Gasteiger partial charge in [-0.2, -0.15) is 0 Å². The van der Waals surface area contributed by atoms with E-state index in [9.17, 15) is 5.11 Å². The van der Waals surface area contributed by atoms with E-state index in [-0.39, 0.29) is 0 Å². The van der Waals surface area contributed by atoms with Gasteiger partial charge < -0.3 is 9.84 Å². The summed E-state index contributed by atoms with van der Waals surface area (Å²) in [6, 6.07) is 0. The summed E-state index contributed by atoms with van der Waals surface area (Å²) in [7, 11) is 0. The van der Waals surface area contributed by atoms with E-state index in [1.54, 1.807) is 6.92 Å². The van der Waals surface area contributed by atoms with E-state index in [1.165, 1.54) is 6.42 Å². The van der Waals surface area contributed by atoms with Crippen LogP contribution in [0.1, 0.15) is 53.4 Å². The molecule has 2 nitrogen and oxygen atoms in total. The van der Waals surface area contributed by atoms with Gasteiger partial charge in [0.25, 0.3) is 0 Å². The van der Waals surface area contributed by atoms with Gasteiger partial charge >= 0.3 is 0 Å². The molecule has 0 amide bonds. The van der Waals surface area contributed by atoms with E-state index < -0.39 is 0 Å². The van der Waals surface area contributed by atoms with Crippen LogP contribution in [0.4, 0.5) is 0 Å². The molecule has 20 heavy (non-hydrogen) atoms. The number of hydrogen-bond donors (Lipinski definition) is 1. The Balaban J connectivity index is 2.01. The minimum absolute atomic E-state index is 0.359. The molecule has 0 aromatic rings. The van der Waals surface area contributed by atoms with Crippen molar-refractivity contribution in [3.63, 3.8) is 0 Å². The molecular weight excluding hydrogens is 248 g/mol. The molecule has 0 spiro atoms. The standard InChI is InChI=1S/C18H30O2/c1-5-15(9-7-13(3)19)17-11-10-16-8-6-12(2)14(4)18(16)20-17/h6-8,12,14-19H,5,9-11H2,1-4H3/b13-7+. The Bertz CT molecular complexity index is 368. The van der Waals surface area contributed by atoms with Crippen molar-refractivity contribution in [3.05, 3.63) is 24.0 Å². The number of aliphatic hydroxyl groups excluding tert-OH is 1. The molecule has 6 atom stereocenters. The highest BCUT2D eigenvalue weighted by atomic mass is 16.5. The van der Waals surface area contributed by atoms with E-state index in [0.717, 1.165) is 19.3 Å². The quantitative estimate of drug-likeness (QED) is 0.587. The van der Waals surface area contributed by atoms with Crippen LogP contribution in [0.15, 0.2) is 24.0 Å². The van der Waals surface area contributed by atoms with E-state index in [2.05, 4.69) is 32.9 Å². The van der Waals surface area contributed by atoms with Gasteiger partial charge in [0.05, 0.1) is 18.0 Å². The van der Waals surface area contributed by atoms with Gasteiger partial charge in [-0.15, -0.1) is 0 Å². The average molecular weight is 278 g/mol. The summed E-state index contributed by atoms with van der Waals surface area (Å²) in [4.78, 5) is 0. The first-order valence-corrected chi connectivity index (χ1v) is 8.22. The lowest BCUT2D eigenvalue weighted by molar-refractivity contribution is -0.126. The van der Waals surface area contributed by atoms with Crippen LogP contribution in [0.3, 0.4) is 0 Å². The average Bonchev–Trinajstić information content (AvgIpc) is 2.43. The molecular formula is C18H30O2. The fraction of sp³-hybridized carbons (Fsp3) is 0.778. The van der Waals surface area contributed by atoms with E-state index in [4.69, 9.17) is 4.74 Å². The van der Waals surface area contributed by atoms with Crippen LogP contribution in [0.25, 0.3) is 0 Å². The molecule has 0 bridgehead atoms. The Kier molecular flexibility index (Phi) is 5.31. The highest BCUT2D eigenvalue weighted by Gasteiger charge is 2.39. The van der Waals surface area contributed by atoms with Crippen molar-refractivity contribution < 1.29 is 9.84 Å². The maximum atomic E-state index is 9.37. The van der Waals surface area contributed by atoms with Gasteiger partial charge in [0.2, 0.25) is 0 Å². The Morgan fingerprint density at radius 3 is 2.75 bits per heavy atom. The molecule has 0 saturated carbocycles. The Morgan fingerprint density at radius 1 is 1.35 bits per heavy atom. The molecule has 2 heteroatoms. The third-order valence-corrected chi connectivity index (χ3v) is 5.31. The van der Waals surface area contributed by atoms with Crippen molar-refractivity contribution in [2.45, 2.75) is 65.6 Å². The second kappa shape index (κ2) is 6.80. The minimum Gasteiger partial charge on any atom is -0.513 e. The molecule has 1 saturated heterocycles. The smallest absolute Gasteiger partial charge is 0.0852 e. The summed E-state index contributed by atoms with van der Waals surface area (Å²) in [5.74, 6) is 2.81. The van der Waals surface area contributed by atoms with E-state index >= 15 is 0 Å². The summed E-state index contributed by atoms with van der Waals surface area (Å²) < 4.78 is 6.50. The van der Waals surface area contributed by atoms with Gasteiger partial charge in [0.15, 0.2) is 0 Å². The number of rotatable bonds is 4. The molecule has 0 radical (unpaired) electrons. The summed E-state index contributed by atoms with van der Waals surface area (Å²) in [5, 5.41) is 9.37. The second-order valence-corrected chi connectivity index (χ2v) is 6.73. The molecule has 114 valence electrons. The molecule has 2 aliphatic rings. The molecule has 6 unspecified atom stereocenters. The summed E-state index contributed by atoms with van der Waals surface area (Å²) in [5.41, 5.74) is 0. The first-order valence-electron chi connectivity index (χ1n) is 8.22. The van der Waals surface area contributed by atoms with Gasteiger partial charge in [-0.1, -0.05) is 39.3 Å². The Hall–Kier alpha value is -0.760. The zero-order valence-corrected chi connectivity index (χ0v) is 13.4. The van der Waals surface area contributed by atoms with Gasteiger partial charge in [0.1, 0.15) is 0 Å². The molecule has 2 rings (SSSR count). The number of fused-ring (bicyclic) bond motifs is 1. The fourth-order valence-corrected chi connectivity index (χ4v) is 3.65. The Morgan fingerprint density at radius 2 is 2.10 bits per heavy atom. The summed E-state index contributed by atoms with van der Waals surface area (Å²) in [6.07, 6.45) is 11.9. The molecule has 1 heterocycles. The van der Waals surface area contributed by atoms with Gasteiger partial charge in [-0.05, 0) is 50.0 Å². The monoisotopic (exact) mass is 278 g/mol. The maximum Gasteiger partial charge on any atom is 0.0852 e. The van der Waals surface area contributed by atoms with Crippen molar-refractivity contribution in [2.75, 3.05) is 0 Å². The fourth-order valence-electron chi connectivity index (χ4n) is 3.65. The van der Waals surface area contributed by atoms with Crippen LogP contribution in [0, 0.1) is 23.7 Å². The highest BCUT2D eigenvalue weighted by Crippen LogP contribution is 2.40. The molecule has 0 aromatic carbocycles. The van der Waals surface area contributed by atoms with Crippen LogP contribution in [0.2, 0.25) is 0 Å². The third kappa shape index (κ3) is 3.46. The second-order valence-electron chi connectivity index (χ2n) is 6.73. The molecule has 1 aliphatic heterocycles. The SMILES string of the molecule is CCC(C/C=C(\C)O)C1CCC2C=CC(C)C(C)C2O1. The predicted molar refractivity (Wildman–Crippen MR) is 83.6 cm³/mol. The lowest BCUT2D eigenvalue weighted by Gasteiger charge is -2.44. The topological polar surface area (TPSA) is 29.5 Å². The van der Waals surface area contributed by atoms with Crippen LogP contribution in [-0.2, 0) is 4.74 Å². The van der Waals surface area contributed by atoms with Crippen LogP contribution in [-0.4, -0.2) is 17.3 Å². The minimum atomic E-state index is 0.359. The first kappa shape index (κ1) is 15.6. The van der Waals surface area contributed by atoms with Crippen molar-refractivity contribution >= 4 is 0 Å². The van der Waals surface area contributed by atoms with E-state index in [0.29, 0.717) is 41.6 Å². The zero-order valence-electron chi connectivity index (χ0n) is 13.4. The molecule has 1 N–H and O–H groups in total. The molecule has 1 fully saturated rings. The molecule has 0 aromatic heterocycles. The largest absolute Gasteiger partial charge is 0.513 e. The molecule has 1 aliphatic carbocycles. The normalized spacial score (nSPS) is 39.4. The lowest BCUT2D eigenvalue weighted by Crippen LogP contribution is -2.44. The predicted octanol–water partition coefficient (Wildman–Crippen LogP) is 4.87. The number of ether oxygens (including phenoxy) is 1. The maximum absolute atomic E-state index is 9.37. The van der Waals surface area contributed by atoms with Crippen LogP contribution >= 0.6 is 0 Å². The summed E-state index contributed by atoms with van der Waals surface area (Å²) >= 11 is 0. The van der Waals surface area contributed by atoms with Crippen molar-refractivity contribution in [1.29, 1.82) is 0 Å². The Labute approximate surface area is 123 Å².